The number of hydrogen-bond donors (Lipinski definition) is 2. The third kappa shape index (κ3) is 2.87. The Morgan fingerprint density at radius 2 is 2.28 bits per heavy atom. The lowest BCUT2D eigenvalue weighted by Crippen LogP contribution is -2.19. The summed E-state index contributed by atoms with van der Waals surface area (Å²) in [6.45, 7) is 4.85. The molecule has 1 unspecified atom stereocenters. The van der Waals surface area contributed by atoms with E-state index in [4.69, 9.17) is 4.74 Å². The summed E-state index contributed by atoms with van der Waals surface area (Å²) in [5, 5.41) is 10.1. The van der Waals surface area contributed by atoms with Gasteiger partial charge in [-0.2, -0.15) is 5.10 Å². The van der Waals surface area contributed by atoms with Gasteiger partial charge in [0.1, 0.15) is 17.9 Å². The van der Waals surface area contributed by atoms with E-state index in [1.165, 1.54) is 11.9 Å². The number of aromatic amines is 1. The molecule has 0 aliphatic rings. The number of nitrogens with zero attached hydrogens (tertiary/aromatic N) is 2. The van der Waals surface area contributed by atoms with Crippen LogP contribution >= 0.6 is 0 Å². The summed E-state index contributed by atoms with van der Waals surface area (Å²) in [6.07, 6.45) is 1.51. The Hall–Kier alpha value is -1.88. The molecule has 1 aromatic heterocycles. The lowest BCUT2D eigenvalue weighted by Gasteiger charge is -2.14. The number of benzene rings is 1. The minimum atomic E-state index is 0.123. The van der Waals surface area contributed by atoms with Gasteiger partial charge >= 0.3 is 0 Å². The van der Waals surface area contributed by atoms with Crippen LogP contribution in [-0.4, -0.2) is 22.3 Å². The molecule has 5 heteroatoms. The zero-order valence-electron chi connectivity index (χ0n) is 10.9. The van der Waals surface area contributed by atoms with Gasteiger partial charge in [-0.1, -0.05) is 17.7 Å². The van der Waals surface area contributed by atoms with Crippen molar-refractivity contribution in [1.29, 1.82) is 0 Å². The molecular formula is C13H18N4O. The third-order valence-corrected chi connectivity index (χ3v) is 2.88. The molecule has 5 nitrogen and oxygen atoms in total. The van der Waals surface area contributed by atoms with E-state index in [9.17, 15) is 0 Å². The number of aromatic nitrogens is 3. The van der Waals surface area contributed by atoms with Crippen LogP contribution in [0.1, 0.15) is 29.9 Å². The van der Waals surface area contributed by atoms with Gasteiger partial charge in [-0.3, -0.25) is 5.10 Å². The van der Waals surface area contributed by atoms with Gasteiger partial charge in [-0.15, -0.1) is 0 Å². The van der Waals surface area contributed by atoms with E-state index in [2.05, 4.69) is 33.5 Å². The van der Waals surface area contributed by atoms with Crippen molar-refractivity contribution in [1.82, 2.24) is 20.5 Å². The predicted molar refractivity (Wildman–Crippen MR) is 69.4 cm³/mol. The first-order chi connectivity index (χ1) is 8.70. The molecule has 1 atom stereocenters. The number of aryl methyl sites for hydroxylation is 1. The van der Waals surface area contributed by atoms with E-state index >= 15 is 0 Å². The van der Waals surface area contributed by atoms with Crippen LogP contribution in [0.2, 0.25) is 0 Å². The highest BCUT2D eigenvalue weighted by Gasteiger charge is 2.09. The van der Waals surface area contributed by atoms with Crippen LogP contribution in [0.25, 0.3) is 0 Å². The monoisotopic (exact) mass is 246 g/mol. The van der Waals surface area contributed by atoms with Gasteiger partial charge in [0.25, 0.3) is 0 Å². The van der Waals surface area contributed by atoms with E-state index in [1.807, 2.05) is 19.1 Å². The molecule has 0 fully saturated rings. The Bertz CT molecular complexity index is 496. The molecule has 1 heterocycles. The average Bonchev–Trinajstić information content (AvgIpc) is 2.90. The Kier molecular flexibility index (Phi) is 3.94. The predicted octanol–water partition coefficient (Wildman–Crippen LogP) is 1.97. The molecule has 0 aliphatic heterocycles. The normalized spacial score (nSPS) is 12.4. The first kappa shape index (κ1) is 12.6. The Labute approximate surface area is 107 Å². The molecule has 0 bridgehead atoms. The van der Waals surface area contributed by atoms with Crippen LogP contribution in [0.5, 0.6) is 5.75 Å². The second-order valence-electron chi connectivity index (χ2n) is 4.29. The van der Waals surface area contributed by atoms with Crippen molar-refractivity contribution in [3.8, 4) is 5.75 Å². The summed E-state index contributed by atoms with van der Waals surface area (Å²) in [6, 6.07) is 6.28. The van der Waals surface area contributed by atoms with E-state index in [0.29, 0.717) is 0 Å². The third-order valence-electron chi connectivity index (χ3n) is 2.88. The topological polar surface area (TPSA) is 62.8 Å². The van der Waals surface area contributed by atoms with Gasteiger partial charge in [0.2, 0.25) is 0 Å². The zero-order valence-corrected chi connectivity index (χ0v) is 10.9. The van der Waals surface area contributed by atoms with E-state index in [1.54, 1.807) is 7.11 Å². The van der Waals surface area contributed by atoms with Crippen LogP contribution in [-0.2, 0) is 6.54 Å². The maximum absolute atomic E-state index is 5.35. The summed E-state index contributed by atoms with van der Waals surface area (Å²) in [5.74, 6) is 1.74. The van der Waals surface area contributed by atoms with E-state index in [0.717, 1.165) is 23.7 Å². The largest absolute Gasteiger partial charge is 0.496 e. The van der Waals surface area contributed by atoms with Crippen molar-refractivity contribution in [2.24, 2.45) is 0 Å². The second-order valence-corrected chi connectivity index (χ2v) is 4.29. The van der Waals surface area contributed by atoms with Crippen molar-refractivity contribution in [2.45, 2.75) is 26.4 Å². The highest BCUT2D eigenvalue weighted by molar-refractivity contribution is 5.36. The smallest absolute Gasteiger partial charge is 0.141 e. The van der Waals surface area contributed by atoms with Crippen LogP contribution < -0.4 is 10.1 Å². The standard InChI is InChI=1S/C13H18N4O/c1-9-4-5-12(18-3)11(6-9)7-14-10(2)13-15-8-16-17-13/h4-6,8,10,14H,7H2,1-3H3,(H,15,16,17). The van der Waals surface area contributed by atoms with Crippen molar-refractivity contribution in [3.05, 3.63) is 41.5 Å². The molecule has 0 spiro atoms. The van der Waals surface area contributed by atoms with Gasteiger partial charge in [0.05, 0.1) is 13.2 Å². The summed E-state index contributed by atoms with van der Waals surface area (Å²) in [5.41, 5.74) is 2.36. The van der Waals surface area contributed by atoms with Crippen molar-refractivity contribution in [3.63, 3.8) is 0 Å². The van der Waals surface area contributed by atoms with E-state index < -0.39 is 0 Å². The second kappa shape index (κ2) is 5.64. The van der Waals surface area contributed by atoms with Crippen molar-refractivity contribution in [2.75, 3.05) is 7.11 Å². The molecule has 1 aromatic carbocycles. The Balaban J connectivity index is 2.03. The fraction of sp³-hybridized carbons (Fsp3) is 0.385. The zero-order chi connectivity index (χ0) is 13.0. The van der Waals surface area contributed by atoms with Crippen LogP contribution in [0.3, 0.4) is 0 Å². The number of ether oxygens (including phenoxy) is 1. The van der Waals surface area contributed by atoms with Gasteiger partial charge in [0.15, 0.2) is 0 Å². The first-order valence-electron chi connectivity index (χ1n) is 5.93. The Morgan fingerprint density at radius 3 is 2.94 bits per heavy atom. The fourth-order valence-electron chi connectivity index (χ4n) is 1.83. The number of methoxy groups -OCH3 is 1. The maximum Gasteiger partial charge on any atom is 0.141 e. The number of H-pyrrole nitrogens is 1. The summed E-state index contributed by atoms with van der Waals surface area (Å²) in [4.78, 5) is 4.13. The highest BCUT2D eigenvalue weighted by atomic mass is 16.5. The molecular weight excluding hydrogens is 228 g/mol. The number of hydrogen-bond acceptors (Lipinski definition) is 4. The van der Waals surface area contributed by atoms with E-state index in [-0.39, 0.29) is 6.04 Å². The van der Waals surface area contributed by atoms with Gasteiger partial charge in [-0.25, -0.2) is 4.98 Å². The minimum absolute atomic E-state index is 0.123. The van der Waals surface area contributed by atoms with Gasteiger partial charge < -0.3 is 10.1 Å². The lowest BCUT2D eigenvalue weighted by molar-refractivity contribution is 0.405. The Morgan fingerprint density at radius 1 is 1.44 bits per heavy atom. The SMILES string of the molecule is COc1ccc(C)cc1CNC(C)c1ncn[nH]1. The minimum Gasteiger partial charge on any atom is -0.496 e. The molecule has 18 heavy (non-hydrogen) atoms. The molecule has 0 aliphatic carbocycles. The average molecular weight is 246 g/mol. The molecule has 2 aromatic rings. The van der Waals surface area contributed by atoms with Crippen LogP contribution in [0.15, 0.2) is 24.5 Å². The maximum atomic E-state index is 5.35. The quantitative estimate of drug-likeness (QED) is 0.846. The molecule has 2 N–H and O–H groups in total. The summed E-state index contributed by atoms with van der Waals surface area (Å²) >= 11 is 0. The van der Waals surface area contributed by atoms with Crippen molar-refractivity contribution >= 4 is 0 Å². The molecule has 0 saturated heterocycles. The molecule has 0 radical (unpaired) electrons. The van der Waals surface area contributed by atoms with Gasteiger partial charge in [-0.05, 0) is 19.9 Å². The van der Waals surface area contributed by atoms with Gasteiger partial charge in [0, 0.05) is 12.1 Å². The number of nitrogens with one attached hydrogen (secondary N) is 2. The van der Waals surface area contributed by atoms with Crippen LogP contribution in [0.4, 0.5) is 0 Å². The summed E-state index contributed by atoms with van der Waals surface area (Å²) in [7, 11) is 1.69. The van der Waals surface area contributed by atoms with Crippen molar-refractivity contribution < 1.29 is 4.74 Å². The lowest BCUT2D eigenvalue weighted by atomic mass is 10.1. The van der Waals surface area contributed by atoms with Crippen LogP contribution in [0, 0.1) is 6.92 Å². The first-order valence-corrected chi connectivity index (χ1v) is 5.93. The molecule has 96 valence electrons. The molecule has 0 saturated carbocycles. The molecule has 0 amide bonds. The number of rotatable bonds is 5. The highest BCUT2D eigenvalue weighted by Crippen LogP contribution is 2.20. The summed E-state index contributed by atoms with van der Waals surface area (Å²) < 4.78 is 5.35. The fourth-order valence-corrected chi connectivity index (χ4v) is 1.83. The molecule has 2 rings (SSSR count).